The van der Waals surface area contributed by atoms with Gasteiger partial charge in [0.25, 0.3) is 0 Å². The minimum Gasteiger partial charge on any atom is -0.353 e. The molecule has 1 rings (SSSR count). The molecule has 0 aromatic carbocycles. The van der Waals surface area contributed by atoms with Crippen molar-refractivity contribution in [2.45, 2.75) is 39.1 Å². The van der Waals surface area contributed by atoms with E-state index in [0.29, 0.717) is 0 Å². The quantitative estimate of drug-likeness (QED) is 0.582. The molecule has 0 aliphatic carbocycles. The first-order valence-corrected chi connectivity index (χ1v) is 4.23. The lowest BCUT2D eigenvalue weighted by molar-refractivity contribution is -0.126. The molecule has 11 heavy (non-hydrogen) atoms. The van der Waals surface area contributed by atoms with E-state index in [1.54, 1.807) is 0 Å². The van der Waals surface area contributed by atoms with Crippen LogP contribution in [-0.4, -0.2) is 19.0 Å². The van der Waals surface area contributed by atoms with Gasteiger partial charge in [0.15, 0.2) is 6.29 Å². The average Bonchev–Trinajstić information content (AvgIpc) is 2.40. The molecule has 0 aromatic rings. The van der Waals surface area contributed by atoms with Crippen molar-refractivity contribution in [1.29, 1.82) is 0 Å². The standard InChI is InChI=1S/C9H16O2/c1-3-5-8(2)11-9-6-4-7-10-9/h3,5,8-9H,4,6-7H2,1-2H3/b5-3+. The van der Waals surface area contributed by atoms with Gasteiger partial charge in [-0.3, -0.25) is 0 Å². The van der Waals surface area contributed by atoms with Crippen LogP contribution in [-0.2, 0) is 9.47 Å². The molecular formula is C9H16O2. The molecule has 2 atom stereocenters. The summed E-state index contributed by atoms with van der Waals surface area (Å²) in [6, 6.07) is 0. The van der Waals surface area contributed by atoms with Gasteiger partial charge in [0.1, 0.15) is 0 Å². The average molecular weight is 156 g/mol. The Bertz CT molecular complexity index is 126. The Kier molecular flexibility index (Phi) is 3.60. The van der Waals surface area contributed by atoms with E-state index in [1.165, 1.54) is 0 Å². The second-order valence-corrected chi connectivity index (χ2v) is 2.81. The van der Waals surface area contributed by atoms with Gasteiger partial charge in [-0.05, 0) is 20.3 Å². The highest BCUT2D eigenvalue weighted by Gasteiger charge is 2.16. The number of allylic oxidation sites excluding steroid dienone is 1. The number of rotatable bonds is 3. The molecule has 1 heterocycles. The first-order valence-electron chi connectivity index (χ1n) is 4.23. The van der Waals surface area contributed by atoms with E-state index in [9.17, 15) is 0 Å². The fraction of sp³-hybridized carbons (Fsp3) is 0.778. The predicted molar refractivity (Wildman–Crippen MR) is 44.3 cm³/mol. The van der Waals surface area contributed by atoms with E-state index in [-0.39, 0.29) is 12.4 Å². The molecule has 1 saturated heterocycles. The Morgan fingerprint density at radius 1 is 1.64 bits per heavy atom. The number of ether oxygens (including phenoxy) is 2. The van der Waals surface area contributed by atoms with E-state index in [2.05, 4.69) is 0 Å². The molecule has 0 amide bonds. The first kappa shape index (κ1) is 8.75. The fourth-order valence-electron chi connectivity index (χ4n) is 1.21. The molecule has 0 radical (unpaired) electrons. The normalized spacial score (nSPS) is 28.0. The molecule has 1 aliphatic heterocycles. The highest BCUT2D eigenvalue weighted by atomic mass is 16.7. The zero-order chi connectivity index (χ0) is 8.10. The lowest BCUT2D eigenvalue weighted by atomic mass is 10.3. The Hall–Kier alpha value is -0.340. The highest BCUT2D eigenvalue weighted by Crippen LogP contribution is 2.15. The molecule has 0 bridgehead atoms. The summed E-state index contributed by atoms with van der Waals surface area (Å²) in [5, 5.41) is 0. The molecule has 1 fully saturated rings. The molecule has 0 spiro atoms. The summed E-state index contributed by atoms with van der Waals surface area (Å²) in [5.74, 6) is 0. The fourth-order valence-corrected chi connectivity index (χ4v) is 1.21. The van der Waals surface area contributed by atoms with Gasteiger partial charge in [0, 0.05) is 13.0 Å². The van der Waals surface area contributed by atoms with Crippen LogP contribution in [0.15, 0.2) is 12.2 Å². The summed E-state index contributed by atoms with van der Waals surface area (Å²) in [5.41, 5.74) is 0. The maximum atomic E-state index is 5.54. The second-order valence-electron chi connectivity index (χ2n) is 2.81. The van der Waals surface area contributed by atoms with Crippen LogP contribution < -0.4 is 0 Å². The van der Waals surface area contributed by atoms with E-state index >= 15 is 0 Å². The third kappa shape index (κ3) is 3.04. The second kappa shape index (κ2) is 4.52. The molecule has 1 aliphatic rings. The minimum atomic E-state index is 0.0428. The van der Waals surface area contributed by atoms with Crippen molar-refractivity contribution >= 4 is 0 Å². The summed E-state index contributed by atoms with van der Waals surface area (Å²) in [7, 11) is 0. The SMILES string of the molecule is C/C=C/C(C)OC1CCCO1. The van der Waals surface area contributed by atoms with Crippen molar-refractivity contribution in [2.24, 2.45) is 0 Å². The van der Waals surface area contributed by atoms with Gasteiger partial charge in [-0.1, -0.05) is 12.2 Å². The summed E-state index contributed by atoms with van der Waals surface area (Å²) in [6.45, 7) is 4.88. The molecule has 2 unspecified atom stereocenters. The Morgan fingerprint density at radius 3 is 3.00 bits per heavy atom. The van der Waals surface area contributed by atoms with Gasteiger partial charge in [-0.2, -0.15) is 0 Å². The highest BCUT2D eigenvalue weighted by molar-refractivity contribution is 4.84. The van der Waals surface area contributed by atoms with Crippen molar-refractivity contribution in [3.05, 3.63) is 12.2 Å². The van der Waals surface area contributed by atoms with E-state index in [0.717, 1.165) is 19.4 Å². The summed E-state index contributed by atoms with van der Waals surface area (Å²) < 4.78 is 10.9. The maximum absolute atomic E-state index is 5.54. The Morgan fingerprint density at radius 2 is 2.45 bits per heavy atom. The smallest absolute Gasteiger partial charge is 0.158 e. The van der Waals surface area contributed by atoms with Crippen molar-refractivity contribution in [3.8, 4) is 0 Å². The third-order valence-corrected chi connectivity index (χ3v) is 1.72. The predicted octanol–water partition coefficient (Wildman–Crippen LogP) is 2.10. The number of hydrogen-bond acceptors (Lipinski definition) is 2. The Labute approximate surface area is 68.2 Å². The molecule has 64 valence electrons. The minimum absolute atomic E-state index is 0.0428. The van der Waals surface area contributed by atoms with Crippen molar-refractivity contribution < 1.29 is 9.47 Å². The molecule has 2 nitrogen and oxygen atoms in total. The van der Waals surface area contributed by atoms with Crippen molar-refractivity contribution in [1.82, 2.24) is 0 Å². The van der Waals surface area contributed by atoms with Crippen LogP contribution in [0.25, 0.3) is 0 Å². The third-order valence-electron chi connectivity index (χ3n) is 1.72. The van der Waals surface area contributed by atoms with E-state index in [1.807, 2.05) is 26.0 Å². The van der Waals surface area contributed by atoms with Gasteiger partial charge < -0.3 is 9.47 Å². The van der Waals surface area contributed by atoms with Crippen molar-refractivity contribution in [3.63, 3.8) is 0 Å². The molecular weight excluding hydrogens is 140 g/mol. The van der Waals surface area contributed by atoms with Gasteiger partial charge in [-0.15, -0.1) is 0 Å². The van der Waals surface area contributed by atoms with Gasteiger partial charge in [-0.25, -0.2) is 0 Å². The molecule has 0 N–H and O–H groups in total. The van der Waals surface area contributed by atoms with Gasteiger partial charge in [0.05, 0.1) is 6.10 Å². The Balaban J connectivity index is 2.18. The summed E-state index contributed by atoms with van der Waals surface area (Å²) in [4.78, 5) is 0. The van der Waals surface area contributed by atoms with Crippen LogP contribution in [0.2, 0.25) is 0 Å². The maximum Gasteiger partial charge on any atom is 0.158 e. The van der Waals surface area contributed by atoms with Crippen molar-refractivity contribution in [2.75, 3.05) is 6.61 Å². The van der Waals surface area contributed by atoms with Crippen LogP contribution in [0.1, 0.15) is 26.7 Å². The lowest BCUT2D eigenvalue weighted by Gasteiger charge is -2.14. The van der Waals surface area contributed by atoms with Crippen LogP contribution in [0.5, 0.6) is 0 Å². The topological polar surface area (TPSA) is 18.5 Å². The zero-order valence-corrected chi connectivity index (χ0v) is 7.25. The number of hydrogen-bond donors (Lipinski definition) is 0. The molecule has 2 heteroatoms. The van der Waals surface area contributed by atoms with Crippen LogP contribution >= 0.6 is 0 Å². The van der Waals surface area contributed by atoms with Gasteiger partial charge >= 0.3 is 0 Å². The molecule has 0 aromatic heterocycles. The van der Waals surface area contributed by atoms with E-state index in [4.69, 9.17) is 9.47 Å². The summed E-state index contributed by atoms with van der Waals surface area (Å²) >= 11 is 0. The first-order chi connectivity index (χ1) is 5.33. The monoisotopic (exact) mass is 156 g/mol. The van der Waals surface area contributed by atoms with Crippen LogP contribution in [0, 0.1) is 0 Å². The van der Waals surface area contributed by atoms with Gasteiger partial charge in [0.2, 0.25) is 0 Å². The molecule has 0 saturated carbocycles. The van der Waals surface area contributed by atoms with Crippen LogP contribution in [0.4, 0.5) is 0 Å². The zero-order valence-electron chi connectivity index (χ0n) is 7.25. The summed E-state index contributed by atoms with van der Waals surface area (Å²) in [6.07, 6.45) is 6.43. The largest absolute Gasteiger partial charge is 0.353 e. The van der Waals surface area contributed by atoms with Crippen LogP contribution in [0.3, 0.4) is 0 Å². The van der Waals surface area contributed by atoms with E-state index < -0.39 is 0 Å². The lowest BCUT2D eigenvalue weighted by Crippen LogP contribution is -2.16.